The minimum atomic E-state index is -0.630. The van der Waals surface area contributed by atoms with Crippen molar-refractivity contribution in [2.45, 2.75) is 13.5 Å². The van der Waals surface area contributed by atoms with Gasteiger partial charge in [-0.05, 0) is 25.2 Å². The van der Waals surface area contributed by atoms with Crippen LogP contribution in [0, 0.1) is 15.0 Å². The Bertz CT molecular complexity index is 779. The Labute approximate surface area is 122 Å². The molecule has 0 radical (unpaired) electrons. The molecule has 0 aliphatic heterocycles. The van der Waals surface area contributed by atoms with Crippen molar-refractivity contribution >= 4 is 29.5 Å². The number of nitro groups is 1. The van der Waals surface area contributed by atoms with Crippen molar-refractivity contribution in [3.63, 3.8) is 0 Å². The highest BCUT2D eigenvalue weighted by atomic mass is 32.1. The number of nitrogens with zero attached hydrogens (tertiary/aromatic N) is 4. The first kappa shape index (κ1) is 14.7. The van der Waals surface area contributed by atoms with E-state index in [0.29, 0.717) is 6.54 Å². The first-order chi connectivity index (χ1) is 9.93. The summed E-state index contributed by atoms with van der Waals surface area (Å²) < 4.78 is 6.32. The number of phenolic OH excluding ortho intramolecular Hbond substituents is 1. The van der Waals surface area contributed by atoms with E-state index in [9.17, 15) is 20.3 Å². The third kappa shape index (κ3) is 2.89. The molecule has 0 saturated carbocycles. The Morgan fingerprint density at radius 3 is 2.71 bits per heavy atom. The molecule has 0 aliphatic rings. The molecule has 0 fully saturated rings. The number of phenols is 1. The van der Waals surface area contributed by atoms with Gasteiger partial charge in [-0.25, -0.2) is 0 Å². The van der Waals surface area contributed by atoms with Crippen molar-refractivity contribution in [1.29, 1.82) is 0 Å². The van der Waals surface area contributed by atoms with Gasteiger partial charge in [-0.3, -0.25) is 14.7 Å². The molecule has 1 aromatic carbocycles. The molecule has 2 N–H and O–H groups in total. The van der Waals surface area contributed by atoms with Gasteiger partial charge in [0, 0.05) is 18.7 Å². The van der Waals surface area contributed by atoms with Gasteiger partial charge in [-0.15, -0.1) is 10.2 Å². The average molecular weight is 310 g/mol. The van der Waals surface area contributed by atoms with Gasteiger partial charge < -0.3 is 14.6 Å². The van der Waals surface area contributed by atoms with E-state index in [1.807, 2.05) is 0 Å². The Hall–Kier alpha value is -2.75. The van der Waals surface area contributed by atoms with Crippen LogP contribution >= 0.6 is 12.2 Å². The largest absolute Gasteiger partial charge is 0.506 e. The highest BCUT2D eigenvalue weighted by molar-refractivity contribution is 7.71. The molecule has 110 valence electrons. The number of nitro benzene ring substituents is 1. The van der Waals surface area contributed by atoms with Gasteiger partial charge in [0.15, 0.2) is 0 Å². The number of oxazole rings is 1. The highest BCUT2D eigenvalue weighted by Gasteiger charge is 2.13. The molecule has 0 atom stereocenters. The Balaban J connectivity index is 2.40. The summed E-state index contributed by atoms with van der Waals surface area (Å²) in [6, 6.07) is 3.30. The molecule has 21 heavy (non-hydrogen) atoms. The van der Waals surface area contributed by atoms with Crippen LogP contribution in [0.4, 0.5) is 17.3 Å². The fraction of sp³-hybridized carbons (Fsp3) is 0.182. The number of non-ortho nitro benzene ring substituents is 1. The fourth-order valence-corrected chi connectivity index (χ4v) is 1.83. The topological polar surface area (TPSA) is 126 Å². The van der Waals surface area contributed by atoms with Crippen LogP contribution in [0.1, 0.15) is 6.92 Å². The number of benzene rings is 1. The maximum Gasteiger partial charge on any atom is 0.302 e. The van der Waals surface area contributed by atoms with Crippen LogP contribution in [-0.4, -0.2) is 19.7 Å². The SMILES string of the molecule is CCn1c(O)c(N=Nc2cc([N+](=O)[O-])ccc2O)oc1=S. The summed E-state index contributed by atoms with van der Waals surface area (Å²) in [4.78, 5) is 10.0. The highest BCUT2D eigenvalue weighted by Crippen LogP contribution is 2.34. The molecule has 1 heterocycles. The number of rotatable bonds is 4. The van der Waals surface area contributed by atoms with E-state index in [4.69, 9.17) is 16.6 Å². The van der Waals surface area contributed by atoms with E-state index in [2.05, 4.69) is 10.2 Å². The van der Waals surface area contributed by atoms with E-state index in [-0.39, 0.29) is 33.7 Å². The summed E-state index contributed by atoms with van der Waals surface area (Å²) in [5.74, 6) is -0.846. The summed E-state index contributed by atoms with van der Waals surface area (Å²) in [6.07, 6.45) is 0. The summed E-state index contributed by atoms with van der Waals surface area (Å²) >= 11 is 4.87. The molecule has 2 rings (SSSR count). The zero-order chi connectivity index (χ0) is 15.6. The van der Waals surface area contributed by atoms with Crippen LogP contribution in [-0.2, 0) is 6.54 Å². The Kier molecular flexibility index (Phi) is 3.98. The average Bonchev–Trinajstić information content (AvgIpc) is 2.71. The molecule has 0 aliphatic carbocycles. The molecule has 0 unspecified atom stereocenters. The molecule has 0 amide bonds. The second-order valence-corrected chi connectivity index (χ2v) is 4.22. The molecular weight excluding hydrogens is 300 g/mol. The van der Waals surface area contributed by atoms with E-state index in [1.54, 1.807) is 6.92 Å². The second-order valence-electron chi connectivity index (χ2n) is 3.87. The fourth-order valence-electron chi connectivity index (χ4n) is 1.53. The van der Waals surface area contributed by atoms with Crippen LogP contribution < -0.4 is 0 Å². The van der Waals surface area contributed by atoms with E-state index in [0.717, 1.165) is 18.2 Å². The van der Waals surface area contributed by atoms with E-state index in [1.165, 1.54) is 4.57 Å². The lowest BCUT2D eigenvalue weighted by Crippen LogP contribution is -1.91. The summed E-state index contributed by atoms with van der Waals surface area (Å²) in [5, 5.41) is 37.2. The van der Waals surface area contributed by atoms with Crippen LogP contribution in [0.15, 0.2) is 32.8 Å². The third-order valence-corrected chi connectivity index (χ3v) is 2.89. The smallest absolute Gasteiger partial charge is 0.302 e. The summed E-state index contributed by atoms with van der Waals surface area (Å²) in [6.45, 7) is 2.13. The zero-order valence-electron chi connectivity index (χ0n) is 10.8. The lowest BCUT2D eigenvalue weighted by atomic mass is 10.2. The van der Waals surface area contributed by atoms with Gasteiger partial charge in [0.05, 0.1) is 4.92 Å². The number of aromatic nitrogens is 1. The maximum atomic E-state index is 10.7. The first-order valence-electron chi connectivity index (χ1n) is 5.75. The molecule has 1 aromatic heterocycles. The van der Waals surface area contributed by atoms with Crippen molar-refractivity contribution in [1.82, 2.24) is 4.57 Å². The van der Waals surface area contributed by atoms with Gasteiger partial charge in [0.25, 0.3) is 16.4 Å². The van der Waals surface area contributed by atoms with Crippen LogP contribution in [0.2, 0.25) is 0 Å². The molecule has 0 bridgehead atoms. The van der Waals surface area contributed by atoms with Crippen LogP contribution in [0.3, 0.4) is 0 Å². The van der Waals surface area contributed by atoms with Crippen molar-refractivity contribution in [2.24, 2.45) is 10.2 Å². The lowest BCUT2D eigenvalue weighted by molar-refractivity contribution is -0.384. The van der Waals surface area contributed by atoms with Gasteiger partial charge in [-0.1, -0.05) is 0 Å². The minimum Gasteiger partial charge on any atom is -0.506 e. The van der Waals surface area contributed by atoms with Crippen molar-refractivity contribution in [3.8, 4) is 11.6 Å². The lowest BCUT2D eigenvalue weighted by Gasteiger charge is -1.97. The Morgan fingerprint density at radius 1 is 1.43 bits per heavy atom. The summed E-state index contributed by atoms with van der Waals surface area (Å²) in [7, 11) is 0. The maximum absolute atomic E-state index is 10.7. The Morgan fingerprint density at radius 2 is 2.14 bits per heavy atom. The third-order valence-electron chi connectivity index (χ3n) is 2.59. The van der Waals surface area contributed by atoms with Crippen molar-refractivity contribution in [2.75, 3.05) is 0 Å². The zero-order valence-corrected chi connectivity index (χ0v) is 11.6. The second kappa shape index (κ2) is 5.71. The predicted octanol–water partition coefficient (Wildman–Crippen LogP) is 3.57. The van der Waals surface area contributed by atoms with Crippen molar-refractivity contribution in [3.05, 3.63) is 33.2 Å². The predicted molar refractivity (Wildman–Crippen MR) is 73.8 cm³/mol. The molecule has 0 spiro atoms. The van der Waals surface area contributed by atoms with E-state index >= 15 is 0 Å². The van der Waals surface area contributed by atoms with E-state index < -0.39 is 4.92 Å². The number of aromatic hydroxyl groups is 2. The van der Waals surface area contributed by atoms with Gasteiger partial charge in [0.2, 0.25) is 0 Å². The minimum absolute atomic E-state index is 0.0206. The van der Waals surface area contributed by atoms with Crippen molar-refractivity contribution < 1.29 is 19.6 Å². The number of hydrogen-bond acceptors (Lipinski definition) is 8. The number of hydrogen-bond donors (Lipinski definition) is 2. The molecule has 10 heteroatoms. The number of azo groups is 1. The monoisotopic (exact) mass is 310 g/mol. The summed E-state index contributed by atoms with van der Waals surface area (Å²) in [5.41, 5.74) is -0.382. The first-order valence-corrected chi connectivity index (χ1v) is 6.16. The molecular formula is C11H10N4O5S. The van der Waals surface area contributed by atoms with Gasteiger partial charge in [0.1, 0.15) is 11.4 Å². The normalized spacial score (nSPS) is 11.1. The van der Waals surface area contributed by atoms with Crippen LogP contribution in [0.25, 0.3) is 0 Å². The van der Waals surface area contributed by atoms with Crippen LogP contribution in [0.5, 0.6) is 11.6 Å². The van der Waals surface area contributed by atoms with Gasteiger partial charge in [-0.2, -0.15) is 0 Å². The molecule has 0 saturated heterocycles. The molecule has 9 nitrogen and oxygen atoms in total. The quantitative estimate of drug-likeness (QED) is 0.384. The molecule has 2 aromatic rings. The van der Waals surface area contributed by atoms with Gasteiger partial charge >= 0.3 is 5.88 Å². The standard InChI is InChI=1S/C11H10N4O5S/c1-2-14-10(17)9(20-11(14)21)13-12-7-5-6(15(18)19)3-4-8(7)16/h3-5,16-17H,2H2,1H3.